The lowest BCUT2D eigenvalue weighted by Crippen LogP contribution is -2.32. The number of thiophene rings is 1. The summed E-state index contributed by atoms with van der Waals surface area (Å²) in [7, 11) is 3.34. The van der Waals surface area contributed by atoms with Crippen LogP contribution < -0.4 is 10.9 Å². The number of carbonyl (C=O) groups is 1. The maximum Gasteiger partial charge on any atom is 0.262 e. The van der Waals surface area contributed by atoms with Gasteiger partial charge in [-0.1, -0.05) is 11.8 Å². The van der Waals surface area contributed by atoms with E-state index in [0.29, 0.717) is 23.7 Å². The quantitative estimate of drug-likeness (QED) is 0.460. The Morgan fingerprint density at radius 3 is 2.83 bits per heavy atom. The van der Waals surface area contributed by atoms with Gasteiger partial charge in [0.1, 0.15) is 4.83 Å². The summed E-state index contributed by atoms with van der Waals surface area (Å²) in [6, 6.07) is 0. The molecule has 8 heteroatoms. The maximum atomic E-state index is 12.6. The lowest BCUT2D eigenvalue weighted by molar-refractivity contribution is -0.120. The second-order valence-electron chi connectivity index (χ2n) is 5.62. The van der Waals surface area contributed by atoms with Crippen molar-refractivity contribution in [2.45, 2.75) is 37.6 Å². The number of fused-ring (bicyclic) bond motifs is 1. The number of hydrogen-bond donors (Lipinski definition) is 1. The van der Waals surface area contributed by atoms with Gasteiger partial charge in [0.15, 0.2) is 5.16 Å². The van der Waals surface area contributed by atoms with Crippen LogP contribution in [0.1, 0.15) is 23.8 Å². The minimum absolute atomic E-state index is 0.0583. The molecule has 1 N–H and O–H groups in total. The summed E-state index contributed by atoms with van der Waals surface area (Å²) < 4.78 is 6.49. The number of thioether (sulfide) groups is 1. The lowest BCUT2D eigenvalue weighted by atomic mass is 10.2. The molecule has 0 fully saturated rings. The van der Waals surface area contributed by atoms with Gasteiger partial charge in [0.05, 0.1) is 10.6 Å². The van der Waals surface area contributed by atoms with Gasteiger partial charge < -0.3 is 10.1 Å². The molecule has 0 aliphatic rings. The van der Waals surface area contributed by atoms with Gasteiger partial charge in [0, 0.05) is 32.2 Å². The van der Waals surface area contributed by atoms with Gasteiger partial charge in [-0.2, -0.15) is 0 Å². The van der Waals surface area contributed by atoms with E-state index in [1.54, 1.807) is 14.2 Å². The molecule has 0 aliphatic heterocycles. The second-order valence-corrected chi connectivity index (χ2v) is 8.13. The van der Waals surface area contributed by atoms with E-state index in [1.165, 1.54) is 27.7 Å². The molecule has 2 aromatic heterocycles. The number of methoxy groups -OCH3 is 1. The molecular formula is C16H23N3O3S2. The van der Waals surface area contributed by atoms with E-state index in [0.717, 1.165) is 21.7 Å². The highest BCUT2D eigenvalue weighted by Gasteiger charge is 2.19. The van der Waals surface area contributed by atoms with Gasteiger partial charge in [-0.15, -0.1) is 11.3 Å². The fourth-order valence-corrected chi connectivity index (χ4v) is 4.21. The number of rotatable bonds is 7. The summed E-state index contributed by atoms with van der Waals surface area (Å²) in [6.07, 6.45) is 0.774. The fourth-order valence-electron chi connectivity index (χ4n) is 2.24. The van der Waals surface area contributed by atoms with Crippen LogP contribution in [0.15, 0.2) is 9.95 Å². The first-order chi connectivity index (χ1) is 11.4. The topological polar surface area (TPSA) is 73.2 Å². The van der Waals surface area contributed by atoms with Crippen LogP contribution in [0.2, 0.25) is 0 Å². The largest absolute Gasteiger partial charge is 0.385 e. The van der Waals surface area contributed by atoms with Crippen molar-refractivity contribution in [1.82, 2.24) is 14.9 Å². The zero-order valence-corrected chi connectivity index (χ0v) is 16.3. The highest BCUT2D eigenvalue weighted by atomic mass is 32.2. The van der Waals surface area contributed by atoms with E-state index in [9.17, 15) is 9.59 Å². The molecule has 0 bridgehead atoms. The minimum atomic E-state index is -0.328. The van der Waals surface area contributed by atoms with Crippen molar-refractivity contribution in [1.29, 1.82) is 0 Å². The number of aromatic nitrogens is 2. The number of amides is 1. The molecule has 6 nitrogen and oxygen atoms in total. The number of hydrogen-bond acceptors (Lipinski definition) is 6. The molecule has 2 heterocycles. The van der Waals surface area contributed by atoms with Crippen LogP contribution in [0, 0.1) is 13.8 Å². The number of carbonyl (C=O) groups excluding carboxylic acids is 1. The van der Waals surface area contributed by atoms with Crippen LogP contribution in [0.25, 0.3) is 10.2 Å². The molecule has 0 aromatic carbocycles. The Bertz CT molecular complexity index is 798. The van der Waals surface area contributed by atoms with E-state index in [1.807, 2.05) is 20.8 Å². The molecule has 0 saturated heterocycles. The Morgan fingerprint density at radius 2 is 2.17 bits per heavy atom. The summed E-state index contributed by atoms with van der Waals surface area (Å²) in [5.41, 5.74) is 0.931. The predicted molar refractivity (Wildman–Crippen MR) is 99.2 cm³/mol. The molecule has 0 saturated carbocycles. The second kappa shape index (κ2) is 8.13. The van der Waals surface area contributed by atoms with Crippen molar-refractivity contribution in [3.63, 3.8) is 0 Å². The maximum absolute atomic E-state index is 12.6. The molecule has 1 atom stereocenters. The first-order valence-corrected chi connectivity index (χ1v) is 9.46. The molecule has 2 rings (SSSR count). The van der Waals surface area contributed by atoms with Crippen LogP contribution in [0.4, 0.5) is 0 Å². The van der Waals surface area contributed by atoms with Gasteiger partial charge in [-0.3, -0.25) is 14.2 Å². The minimum Gasteiger partial charge on any atom is -0.385 e. The van der Waals surface area contributed by atoms with Crippen molar-refractivity contribution in [2.24, 2.45) is 7.05 Å². The van der Waals surface area contributed by atoms with Crippen molar-refractivity contribution < 1.29 is 9.53 Å². The van der Waals surface area contributed by atoms with E-state index >= 15 is 0 Å². The monoisotopic (exact) mass is 369 g/mol. The molecule has 1 unspecified atom stereocenters. The highest BCUT2D eigenvalue weighted by molar-refractivity contribution is 8.00. The van der Waals surface area contributed by atoms with Crippen LogP contribution >= 0.6 is 23.1 Å². The third-order valence-corrected chi connectivity index (χ3v) is 6.09. The number of nitrogens with one attached hydrogen (secondary N) is 1. The van der Waals surface area contributed by atoms with Crippen LogP contribution in [0.3, 0.4) is 0 Å². The summed E-state index contributed by atoms with van der Waals surface area (Å²) in [6.45, 7) is 6.94. The molecule has 24 heavy (non-hydrogen) atoms. The summed E-state index contributed by atoms with van der Waals surface area (Å²) in [4.78, 5) is 31.2. The van der Waals surface area contributed by atoms with Gasteiger partial charge >= 0.3 is 0 Å². The van der Waals surface area contributed by atoms with Crippen molar-refractivity contribution in [2.75, 3.05) is 20.3 Å². The Balaban J connectivity index is 2.16. The molecule has 1 amide bonds. The summed E-state index contributed by atoms with van der Waals surface area (Å²) in [5.74, 6) is -0.0658. The van der Waals surface area contributed by atoms with Crippen LogP contribution in [-0.4, -0.2) is 41.0 Å². The number of nitrogens with zero attached hydrogens (tertiary/aromatic N) is 2. The third-order valence-electron chi connectivity index (χ3n) is 3.85. The highest BCUT2D eigenvalue weighted by Crippen LogP contribution is 2.29. The number of aryl methyl sites for hydroxylation is 2. The van der Waals surface area contributed by atoms with E-state index < -0.39 is 0 Å². The third kappa shape index (κ3) is 3.99. The van der Waals surface area contributed by atoms with E-state index in [4.69, 9.17) is 4.74 Å². The predicted octanol–water partition coefficient (Wildman–Crippen LogP) is 2.25. The van der Waals surface area contributed by atoms with E-state index in [-0.39, 0.29) is 16.7 Å². The zero-order chi connectivity index (χ0) is 17.9. The molecular weight excluding hydrogens is 346 g/mol. The first kappa shape index (κ1) is 19.0. The summed E-state index contributed by atoms with van der Waals surface area (Å²) in [5, 5.41) is 3.79. The van der Waals surface area contributed by atoms with Gasteiger partial charge in [-0.05, 0) is 32.8 Å². The average molecular weight is 370 g/mol. The fraction of sp³-hybridized carbons (Fsp3) is 0.562. The Morgan fingerprint density at radius 1 is 1.46 bits per heavy atom. The standard InChI is InChI=1S/C16H23N3O3S2/c1-9-10(2)23-14-12(9)15(21)19(4)16(18-14)24-11(3)13(20)17-7-6-8-22-5/h11H,6-8H2,1-5H3,(H,17,20). The molecule has 2 aromatic rings. The lowest BCUT2D eigenvalue weighted by Gasteiger charge is -2.13. The summed E-state index contributed by atoms with van der Waals surface area (Å²) >= 11 is 2.82. The Kier molecular flexibility index (Phi) is 6.42. The van der Waals surface area contributed by atoms with Gasteiger partial charge in [0.25, 0.3) is 5.56 Å². The SMILES string of the molecule is COCCCNC(=O)C(C)Sc1nc2sc(C)c(C)c2c(=O)n1C. The van der Waals surface area contributed by atoms with Crippen molar-refractivity contribution in [3.05, 3.63) is 20.8 Å². The smallest absolute Gasteiger partial charge is 0.262 e. The first-order valence-electron chi connectivity index (χ1n) is 7.76. The molecule has 132 valence electrons. The Labute approximate surface area is 149 Å². The number of ether oxygens (including phenoxy) is 1. The van der Waals surface area contributed by atoms with Crippen LogP contribution in [0.5, 0.6) is 0 Å². The van der Waals surface area contributed by atoms with Gasteiger partial charge in [-0.25, -0.2) is 4.98 Å². The molecule has 0 radical (unpaired) electrons. The van der Waals surface area contributed by atoms with Crippen molar-refractivity contribution >= 4 is 39.2 Å². The molecule has 0 spiro atoms. The van der Waals surface area contributed by atoms with Crippen LogP contribution in [-0.2, 0) is 16.6 Å². The van der Waals surface area contributed by atoms with E-state index in [2.05, 4.69) is 10.3 Å². The van der Waals surface area contributed by atoms with Crippen molar-refractivity contribution in [3.8, 4) is 0 Å². The van der Waals surface area contributed by atoms with Gasteiger partial charge in [0.2, 0.25) is 5.91 Å². The normalized spacial score (nSPS) is 12.5. The average Bonchev–Trinajstić information content (AvgIpc) is 2.83. The zero-order valence-electron chi connectivity index (χ0n) is 14.6. The Hall–Kier alpha value is -1.38. The molecule has 0 aliphatic carbocycles.